The van der Waals surface area contributed by atoms with Gasteiger partial charge in [0.15, 0.2) is 0 Å². The molecule has 18 heavy (non-hydrogen) atoms. The van der Waals surface area contributed by atoms with E-state index < -0.39 is 0 Å². The Bertz CT molecular complexity index is 373. The van der Waals surface area contributed by atoms with E-state index in [1.165, 1.54) is 24.0 Å². The lowest BCUT2D eigenvalue weighted by atomic mass is 10.0. The average Bonchev–Trinajstić information content (AvgIpc) is 3.16. The van der Waals surface area contributed by atoms with Gasteiger partial charge in [0.05, 0.1) is 6.61 Å². The summed E-state index contributed by atoms with van der Waals surface area (Å²) in [5, 5.41) is 3.73. The molecule has 2 rings (SSSR count). The second-order valence-corrected chi connectivity index (χ2v) is 5.60. The van der Waals surface area contributed by atoms with Crippen molar-refractivity contribution in [3.63, 3.8) is 0 Å². The monoisotopic (exact) mass is 247 g/mol. The van der Waals surface area contributed by atoms with E-state index in [0.717, 1.165) is 18.9 Å². The molecular formula is C16H25NO. The molecule has 1 aliphatic carbocycles. The largest absolute Gasteiger partial charge is 0.383 e. The third kappa shape index (κ3) is 3.82. The lowest BCUT2D eigenvalue weighted by molar-refractivity contribution is 0.152. The highest BCUT2D eigenvalue weighted by molar-refractivity contribution is 5.26. The number of methoxy groups -OCH3 is 1. The van der Waals surface area contributed by atoms with Gasteiger partial charge in [-0.15, -0.1) is 0 Å². The third-order valence-corrected chi connectivity index (χ3v) is 3.82. The lowest BCUT2D eigenvalue weighted by Crippen LogP contribution is -2.42. The Morgan fingerprint density at radius 3 is 2.67 bits per heavy atom. The summed E-state index contributed by atoms with van der Waals surface area (Å²) in [6.07, 6.45) is 3.82. The fourth-order valence-corrected chi connectivity index (χ4v) is 2.59. The Kier molecular flexibility index (Phi) is 4.79. The number of hydrogen-bond donors (Lipinski definition) is 1. The van der Waals surface area contributed by atoms with Crippen molar-refractivity contribution in [2.75, 3.05) is 13.7 Å². The quantitative estimate of drug-likeness (QED) is 0.800. The number of rotatable bonds is 7. The highest BCUT2D eigenvalue weighted by atomic mass is 16.5. The molecule has 1 fully saturated rings. The van der Waals surface area contributed by atoms with Crippen LogP contribution in [0, 0.1) is 12.8 Å². The maximum Gasteiger partial charge on any atom is 0.0618 e. The summed E-state index contributed by atoms with van der Waals surface area (Å²) in [6.45, 7) is 5.30. The molecule has 1 N–H and O–H groups in total. The van der Waals surface area contributed by atoms with Crippen LogP contribution in [0.4, 0.5) is 0 Å². The van der Waals surface area contributed by atoms with Crippen LogP contribution in [0.25, 0.3) is 0 Å². The van der Waals surface area contributed by atoms with Gasteiger partial charge in [-0.1, -0.05) is 24.3 Å². The van der Waals surface area contributed by atoms with Crippen LogP contribution < -0.4 is 5.32 Å². The summed E-state index contributed by atoms with van der Waals surface area (Å²) in [4.78, 5) is 0. The van der Waals surface area contributed by atoms with E-state index in [2.05, 4.69) is 43.4 Å². The molecule has 2 unspecified atom stereocenters. The predicted molar refractivity (Wildman–Crippen MR) is 75.9 cm³/mol. The zero-order chi connectivity index (χ0) is 13.0. The molecule has 2 nitrogen and oxygen atoms in total. The third-order valence-electron chi connectivity index (χ3n) is 3.82. The fraction of sp³-hybridized carbons (Fsp3) is 0.625. The SMILES string of the molecule is COCC(NC(C)Cc1ccccc1C)C1CC1. The highest BCUT2D eigenvalue weighted by Gasteiger charge is 2.31. The van der Waals surface area contributed by atoms with Crippen LogP contribution in [-0.2, 0) is 11.2 Å². The van der Waals surface area contributed by atoms with Crippen LogP contribution >= 0.6 is 0 Å². The number of aryl methyl sites for hydroxylation is 1. The second-order valence-electron chi connectivity index (χ2n) is 5.60. The molecule has 100 valence electrons. The Hall–Kier alpha value is -0.860. The number of benzene rings is 1. The first-order valence-electron chi connectivity index (χ1n) is 7.00. The molecule has 2 heteroatoms. The van der Waals surface area contributed by atoms with Crippen LogP contribution in [-0.4, -0.2) is 25.8 Å². The van der Waals surface area contributed by atoms with E-state index >= 15 is 0 Å². The van der Waals surface area contributed by atoms with Gasteiger partial charge in [-0.05, 0) is 50.2 Å². The van der Waals surface area contributed by atoms with Gasteiger partial charge in [0.2, 0.25) is 0 Å². The van der Waals surface area contributed by atoms with Gasteiger partial charge in [-0.3, -0.25) is 0 Å². The Balaban J connectivity index is 1.87. The molecule has 0 aliphatic heterocycles. The fourth-order valence-electron chi connectivity index (χ4n) is 2.59. The highest BCUT2D eigenvalue weighted by Crippen LogP contribution is 2.33. The lowest BCUT2D eigenvalue weighted by Gasteiger charge is -2.23. The van der Waals surface area contributed by atoms with E-state index in [1.807, 2.05) is 0 Å². The van der Waals surface area contributed by atoms with Gasteiger partial charge in [0.25, 0.3) is 0 Å². The second kappa shape index (κ2) is 6.35. The van der Waals surface area contributed by atoms with Crippen LogP contribution in [0.3, 0.4) is 0 Å². The van der Waals surface area contributed by atoms with Crippen LogP contribution in [0.1, 0.15) is 30.9 Å². The zero-order valence-electron chi connectivity index (χ0n) is 11.8. The van der Waals surface area contributed by atoms with Crippen LogP contribution in [0.2, 0.25) is 0 Å². The Labute approximate surface area is 111 Å². The van der Waals surface area contributed by atoms with Crippen molar-refractivity contribution in [1.29, 1.82) is 0 Å². The van der Waals surface area contributed by atoms with Gasteiger partial charge in [-0.2, -0.15) is 0 Å². The van der Waals surface area contributed by atoms with E-state index in [9.17, 15) is 0 Å². The first-order chi connectivity index (χ1) is 8.70. The molecule has 1 aliphatic rings. The summed E-state index contributed by atoms with van der Waals surface area (Å²) in [6, 6.07) is 9.70. The van der Waals surface area contributed by atoms with E-state index in [-0.39, 0.29) is 0 Å². The van der Waals surface area contributed by atoms with Gasteiger partial charge in [0.1, 0.15) is 0 Å². The molecule has 1 aromatic rings. The molecule has 0 radical (unpaired) electrons. The summed E-state index contributed by atoms with van der Waals surface area (Å²) >= 11 is 0. The standard InChI is InChI=1S/C16H25NO/c1-12-6-4-5-7-15(12)10-13(2)17-16(11-18-3)14-8-9-14/h4-7,13-14,16-17H,8-11H2,1-3H3. The molecule has 1 aromatic carbocycles. The minimum absolute atomic E-state index is 0.506. The van der Waals surface area contributed by atoms with E-state index in [0.29, 0.717) is 12.1 Å². The maximum atomic E-state index is 5.32. The Morgan fingerprint density at radius 2 is 2.06 bits per heavy atom. The molecule has 0 saturated heterocycles. The Morgan fingerprint density at radius 1 is 1.33 bits per heavy atom. The van der Waals surface area contributed by atoms with Crippen molar-refractivity contribution in [3.05, 3.63) is 35.4 Å². The van der Waals surface area contributed by atoms with E-state index in [4.69, 9.17) is 4.74 Å². The summed E-state index contributed by atoms with van der Waals surface area (Å²) in [5.74, 6) is 0.837. The normalized spacial score (nSPS) is 18.6. The molecule has 0 spiro atoms. The maximum absolute atomic E-state index is 5.32. The smallest absolute Gasteiger partial charge is 0.0618 e. The number of nitrogens with one attached hydrogen (secondary N) is 1. The zero-order valence-corrected chi connectivity index (χ0v) is 11.8. The van der Waals surface area contributed by atoms with Crippen molar-refractivity contribution in [2.24, 2.45) is 5.92 Å². The van der Waals surface area contributed by atoms with Crippen molar-refractivity contribution in [3.8, 4) is 0 Å². The minimum atomic E-state index is 0.506. The summed E-state index contributed by atoms with van der Waals surface area (Å²) in [7, 11) is 1.79. The molecule has 2 atom stereocenters. The van der Waals surface area contributed by atoms with Gasteiger partial charge in [0, 0.05) is 19.2 Å². The van der Waals surface area contributed by atoms with Crippen molar-refractivity contribution < 1.29 is 4.74 Å². The van der Waals surface area contributed by atoms with E-state index in [1.54, 1.807) is 7.11 Å². The molecule has 0 aromatic heterocycles. The topological polar surface area (TPSA) is 21.3 Å². The van der Waals surface area contributed by atoms with Crippen molar-refractivity contribution in [1.82, 2.24) is 5.32 Å². The molecular weight excluding hydrogens is 222 g/mol. The van der Waals surface area contributed by atoms with Crippen LogP contribution in [0.5, 0.6) is 0 Å². The van der Waals surface area contributed by atoms with Crippen molar-refractivity contribution in [2.45, 2.75) is 45.2 Å². The predicted octanol–water partition coefficient (Wildman–Crippen LogP) is 2.94. The van der Waals surface area contributed by atoms with Gasteiger partial charge < -0.3 is 10.1 Å². The summed E-state index contributed by atoms with van der Waals surface area (Å²) < 4.78 is 5.32. The van der Waals surface area contributed by atoms with Gasteiger partial charge >= 0.3 is 0 Å². The molecule has 1 saturated carbocycles. The molecule has 0 amide bonds. The first-order valence-corrected chi connectivity index (χ1v) is 7.00. The minimum Gasteiger partial charge on any atom is -0.383 e. The first kappa shape index (κ1) is 13.6. The average molecular weight is 247 g/mol. The number of hydrogen-bond acceptors (Lipinski definition) is 2. The number of ether oxygens (including phenoxy) is 1. The van der Waals surface area contributed by atoms with Crippen LogP contribution in [0.15, 0.2) is 24.3 Å². The summed E-state index contributed by atoms with van der Waals surface area (Å²) in [5.41, 5.74) is 2.84. The molecule has 0 bridgehead atoms. The molecule has 0 heterocycles. The van der Waals surface area contributed by atoms with Crippen molar-refractivity contribution >= 4 is 0 Å². The van der Waals surface area contributed by atoms with Gasteiger partial charge in [-0.25, -0.2) is 0 Å².